The summed E-state index contributed by atoms with van der Waals surface area (Å²) in [5.74, 6) is 0.937. The molecule has 1 fully saturated rings. The van der Waals surface area contributed by atoms with E-state index in [1.807, 2.05) is 35.8 Å². The highest BCUT2D eigenvalue weighted by molar-refractivity contribution is 6.06. The summed E-state index contributed by atoms with van der Waals surface area (Å²) in [7, 11) is 3.78. The minimum absolute atomic E-state index is 0.0940. The zero-order valence-corrected chi connectivity index (χ0v) is 22.5. The third-order valence-corrected chi connectivity index (χ3v) is 7.64. The Bertz CT molecular complexity index is 1590. The first-order valence-corrected chi connectivity index (χ1v) is 13.4. The number of rotatable bonds is 7. The molecule has 0 atom stereocenters. The summed E-state index contributed by atoms with van der Waals surface area (Å²) in [6.07, 6.45) is 7.91. The van der Waals surface area contributed by atoms with Gasteiger partial charge in [0.25, 0.3) is 5.91 Å². The lowest BCUT2D eigenvalue weighted by Crippen LogP contribution is -2.47. The lowest BCUT2D eigenvalue weighted by atomic mass is 9.97. The normalized spacial score (nSPS) is 14.2. The fourth-order valence-electron chi connectivity index (χ4n) is 5.36. The first-order valence-electron chi connectivity index (χ1n) is 13.4. The standard InChI is InChI=1S/C32H33N5O2/c1-34-14-16-36(17-15-34)32(38)31-22-35(21-30(31)29-9-5-7-25-6-3-4-8-28(25)29)20-26-18-33-23-37(26)19-24-10-12-27(39-2)13-11-24/h3-13,18,21-23H,14-17,19-20H2,1-2H3. The molecule has 7 nitrogen and oxygen atoms in total. The van der Waals surface area contributed by atoms with E-state index in [0.717, 1.165) is 59.7 Å². The minimum atomic E-state index is 0.0940. The Balaban J connectivity index is 1.35. The molecular formula is C32H33N5O2. The monoisotopic (exact) mass is 519 g/mol. The number of carbonyl (C=O) groups excluding carboxylic acids is 1. The van der Waals surface area contributed by atoms with E-state index in [0.29, 0.717) is 13.1 Å². The number of methoxy groups -OCH3 is 1. The van der Waals surface area contributed by atoms with E-state index in [1.54, 1.807) is 7.11 Å². The molecule has 0 unspecified atom stereocenters. The molecule has 0 bridgehead atoms. The zero-order valence-electron chi connectivity index (χ0n) is 22.5. The number of fused-ring (bicyclic) bond motifs is 1. The molecule has 7 heteroatoms. The second kappa shape index (κ2) is 10.8. The van der Waals surface area contributed by atoms with E-state index < -0.39 is 0 Å². The van der Waals surface area contributed by atoms with Crippen LogP contribution in [-0.2, 0) is 13.1 Å². The largest absolute Gasteiger partial charge is 0.497 e. The van der Waals surface area contributed by atoms with Gasteiger partial charge in [0.15, 0.2) is 0 Å². The predicted molar refractivity (Wildman–Crippen MR) is 154 cm³/mol. The molecule has 6 rings (SSSR count). The summed E-state index contributed by atoms with van der Waals surface area (Å²) < 4.78 is 9.58. The fraction of sp³-hybridized carbons (Fsp3) is 0.250. The molecule has 1 amide bonds. The fourth-order valence-corrected chi connectivity index (χ4v) is 5.36. The molecule has 39 heavy (non-hydrogen) atoms. The van der Waals surface area contributed by atoms with E-state index in [2.05, 4.69) is 86.9 Å². The van der Waals surface area contributed by atoms with E-state index in [1.165, 1.54) is 10.9 Å². The summed E-state index contributed by atoms with van der Waals surface area (Å²) >= 11 is 0. The molecule has 0 N–H and O–H groups in total. The number of carbonyl (C=O) groups is 1. The number of aromatic nitrogens is 3. The van der Waals surface area contributed by atoms with Crippen LogP contribution in [0.1, 0.15) is 21.6 Å². The molecule has 198 valence electrons. The van der Waals surface area contributed by atoms with Gasteiger partial charge in [-0.25, -0.2) is 4.98 Å². The van der Waals surface area contributed by atoms with Crippen LogP contribution in [0.2, 0.25) is 0 Å². The number of imidazole rings is 1. The minimum Gasteiger partial charge on any atom is -0.497 e. The van der Waals surface area contributed by atoms with Gasteiger partial charge in [-0.1, -0.05) is 54.6 Å². The van der Waals surface area contributed by atoms with Crippen LogP contribution in [0.25, 0.3) is 21.9 Å². The topological polar surface area (TPSA) is 55.5 Å². The Labute approximate surface area is 228 Å². The van der Waals surface area contributed by atoms with Crippen molar-refractivity contribution in [3.05, 3.63) is 108 Å². The van der Waals surface area contributed by atoms with Crippen LogP contribution in [0.3, 0.4) is 0 Å². The smallest absolute Gasteiger partial charge is 0.256 e. The number of likely N-dealkylation sites (N-methyl/N-ethyl adjacent to an activating group) is 1. The number of piperazine rings is 1. The van der Waals surface area contributed by atoms with Gasteiger partial charge in [0.1, 0.15) is 5.75 Å². The first-order chi connectivity index (χ1) is 19.1. The van der Waals surface area contributed by atoms with Gasteiger partial charge in [-0.3, -0.25) is 4.79 Å². The highest BCUT2D eigenvalue weighted by Crippen LogP contribution is 2.33. The maximum atomic E-state index is 13.9. The molecule has 0 spiro atoms. The second-order valence-corrected chi connectivity index (χ2v) is 10.2. The zero-order chi connectivity index (χ0) is 26.8. The van der Waals surface area contributed by atoms with E-state index in [4.69, 9.17) is 4.74 Å². The lowest BCUT2D eigenvalue weighted by molar-refractivity contribution is 0.0665. The maximum Gasteiger partial charge on any atom is 0.256 e. The van der Waals surface area contributed by atoms with E-state index >= 15 is 0 Å². The van der Waals surface area contributed by atoms with Crippen molar-refractivity contribution in [2.24, 2.45) is 0 Å². The van der Waals surface area contributed by atoms with Crippen molar-refractivity contribution in [2.75, 3.05) is 40.3 Å². The van der Waals surface area contributed by atoms with Gasteiger partial charge in [0.05, 0.1) is 31.2 Å². The molecule has 1 aliphatic heterocycles. The van der Waals surface area contributed by atoms with Crippen molar-refractivity contribution in [2.45, 2.75) is 13.1 Å². The first kappa shape index (κ1) is 24.9. The highest BCUT2D eigenvalue weighted by atomic mass is 16.5. The van der Waals surface area contributed by atoms with Gasteiger partial charge < -0.3 is 23.7 Å². The molecule has 1 aliphatic rings. The number of hydrogen-bond donors (Lipinski definition) is 0. The van der Waals surface area contributed by atoms with Crippen LogP contribution in [-0.4, -0.2) is 70.2 Å². The van der Waals surface area contributed by atoms with Gasteiger partial charge >= 0.3 is 0 Å². The number of benzene rings is 3. The van der Waals surface area contributed by atoms with Crippen LogP contribution in [0, 0.1) is 0 Å². The Morgan fingerprint density at radius 3 is 2.44 bits per heavy atom. The molecular weight excluding hydrogens is 486 g/mol. The molecule has 0 radical (unpaired) electrons. The number of hydrogen-bond acceptors (Lipinski definition) is 4. The van der Waals surface area contributed by atoms with Crippen molar-refractivity contribution in [1.29, 1.82) is 0 Å². The van der Waals surface area contributed by atoms with Crippen molar-refractivity contribution >= 4 is 16.7 Å². The van der Waals surface area contributed by atoms with Crippen LogP contribution < -0.4 is 4.74 Å². The maximum absolute atomic E-state index is 13.9. The molecule has 0 aliphatic carbocycles. The summed E-state index contributed by atoms with van der Waals surface area (Å²) in [5.41, 5.74) is 5.04. The number of nitrogens with zero attached hydrogens (tertiary/aromatic N) is 5. The predicted octanol–water partition coefficient (Wildman–Crippen LogP) is 5.00. The van der Waals surface area contributed by atoms with Crippen LogP contribution >= 0.6 is 0 Å². The average Bonchev–Trinajstić information content (AvgIpc) is 3.60. The van der Waals surface area contributed by atoms with Crippen molar-refractivity contribution < 1.29 is 9.53 Å². The molecule has 3 aromatic carbocycles. The van der Waals surface area contributed by atoms with Crippen molar-refractivity contribution in [3.8, 4) is 16.9 Å². The average molecular weight is 520 g/mol. The second-order valence-electron chi connectivity index (χ2n) is 10.2. The molecule has 2 aromatic heterocycles. The lowest BCUT2D eigenvalue weighted by Gasteiger charge is -2.32. The Morgan fingerprint density at radius 1 is 0.872 bits per heavy atom. The Kier molecular flexibility index (Phi) is 6.90. The summed E-state index contributed by atoms with van der Waals surface area (Å²) in [6.45, 7) is 4.59. The molecule has 1 saturated heterocycles. The van der Waals surface area contributed by atoms with Crippen molar-refractivity contribution in [3.63, 3.8) is 0 Å². The van der Waals surface area contributed by atoms with Crippen LogP contribution in [0.5, 0.6) is 5.75 Å². The van der Waals surface area contributed by atoms with Gasteiger partial charge in [-0.2, -0.15) is 0 Å². The summed E-state index contributed by atoms with van der Waals surface area (Å²) in [6, 6.07) is 22.8. The van der Waals surface area contributed by atoms with Gasteiger partial charge in [0.2, 0.25) is 0 Å². The summed E-state index contributed by atoms with van der Waals surface area (Å²) in [4.78, 5) is 22.6. The number of ether oxygens (including phenoxy) is 1. The van der Waals surface area contributed by atoms with Gasteiger partial charge in [0, 0.05) is 56.9 Å². The SMILES string of the molecule is COc1ccc(Cn2cncc2Cn2cc(C(=O)N3CCN(C)CC3)c(-c3cccc4ccccc34)c2)cc1. The molecule has 3 heterocycles. The van der Waals surface area contributed by atoms with Crippen molar-refractivity contribution in [1.82, 2.24) is 23.9 Å². The Morgan fingerprint density at radius 2 is 1.64 bits per heavy atom. The van der Waals surface area contributed by atoms with E-state index in [-0.39, 0.29) is 5.91 Å². The summed E-state index contributed by atoms with van der Waals surface area (Å²) in [5, 5.41) is 2.31. The van der Waals surface area contributed by atoms with Crippen LogP contribution in [0.15, 0.2) is 91.6 Å². The Hall–Kier alpha value is -4.36. The highest BCUT2D eigenvalue weighted by Gasteiger charge is 2.25. The molecule has 5 aromatic rings. The molecule has 0 saturated carbocycles. The van der Waals surface area contributed by atoms with Crippen LogP contribution in [0.4, 0.5) is 0 Å². The quantitative estimate of drug-likeness (QED) is 0.304. The van der Waals surface area contributed by atoms with Gasteiger partial charge in [-0.15, -0.1) is 0 Å². The third kappa shape index (κ3) is 5.18. The van der Waals surface area contributed by atoms with Gasteiger partial charge in [-0.05, 0) is 41.1 Å². The number of amides is 1. The van der Waals surface area contributed by atoms with E-state index in [9.17, 15) is 4.79 Å². The third-order valence-electron chi connectivity index (χ3n) is 7.64.